The molecule has 0 spiro atoms. The highest BCUT2D eigenvalue weighted by molar-refractivity contribution is 7.09. The van der Waals surface area contributed by atoms with Gasteiger partial charge in [-0.2, -0.15) is 0 Å². The van der Waals surface area contributed by atoms with Gasteiger partial charge in [0.2, 0.25) is 0 Å². The fourth-order valence-corrected chi connectivity index (χ4v) is 3.49. The summed E-state index contributed by atoms with van der Waals surface area (Å²) in [6.45, 7) is 4.64. The normalized spacial score (nSPS) is 14.5. The molecule has 110 valence electrons. The average molecular weight is 282 g/mol. The van der Waals surface area contributed by atoms with Crippen molar-refractivity contribution in [1.29, 1.82) is 0 Å². The molecule has 2 heteroatoms. The second-order valence-electron chi connectivity index (χ2n) is 5.61. The van der Waals surface area contributed by atoms with Crippen LogP contribution in [0.3, 0.4) is 0 Å². The Balaban J connectivity index is 2.23. The Morgan fingerprint density at radius 2 is 2.05 bits per heavy atom. The van der Waals surface area contributed by atoms with E-state index in [4.69, 9.17) is 0 Å². The van der Waals surface area contributed by atoms with Crippen molar-refractivity contribution in [3.63, 3.8) is 0 Å². The zero-order chi connectivity index (χ0) is 13.9. The molecule has 0 aromatic carbocycles. The summed E-state index contributed by atoms with van der Waals surface area (Å²) in [6, 6.07) is 5.13. The van der Waals surface area contributed by atoms with Crippen LogP contribution in [0.1, 0.15) is 63.7 Å². The van der Waals surface area contributed by atoms with Crippen molar-refractivity contribution >= 4 is 11.3 Å². The average Bonchev–Trinajstić information content (AvgIpc) is 2.94. The van der Waals surface area contributed by atoms with Crippen molar-refractivity contribution in [2.24, 2.45) is 5.92 Å². The van der Waals surface area contributed by atoms with Crippen LogP contribution in [-0.2, 0) is 6.42 Å². The van der Waals surface area contributed by atoms with Crippen molar-refractivity contribution in [1.82, 2.24) is 5.32 Å². The van der Waals surface area contributed by atoms with E-state index in [2.05, 4.69) is 43.7 Å². The quantitative estimate of drug-likeness (QED) is 0.583. The van der Waals surface area contributed by atoms with Gasteiger partial charge < -0.3 is 5.32 Å². The maximum absolute atomic E-state index is 3.53. The van der Waals surface area contributed by atoms with E-state index in [1.807, 2.05) is 11.3 Å². The number of unbranched alkanes of at least 4 members (excludes halogenated alkanes) is 1. The molecule has 0 saturated carbocycles. The van der Waals surface area contributed by atoms with Crippen LogP contribution >= 0.6 is 11.3 Å². The lowest BCUT2D eigenvalue weighted by Gasteiger charge is -2.22. The second kappa shape index (κ2) is 10.4. The Kier molecular flexibility index (Phi) is 9.19. The lowest BCUT2D eigenvalue weighted by molar-refractivity contribution is 0.345. The molecule has 1 nitrogen and oxygen atoms in total. The summed E-state index contributed by atoms with van der Waals surface area (Å²) in [6.07, 6.45) is 10.7. The van der Waals surface area contributed by atoms with E-state index in [1.165, 1.54) is 56.2 Å². The first-order chi connectivity index (χ1) is 9.30. The Morgan fingerprint density at radius 1 is 1.21 bits per heavy atom. The van der Waals surface area contributed by atoms with Gasteiger partial charge in [0, 0.05) is 10.9 Å². The molecule has 0 radical (unpaired) electrons. The smallest absolute Gasteiger partial charge is 0.00668 e. The second-order valence-corrected chi connectivity index (χ2v) is 6.64. The standard InChI is InChI=1S/C17H31NS/c1-4-6-9-15(5-2)14-16(18-3)10-7-11-17-12-8-13-19-17/h8,12-13,15-16,18H,4-7,9-11,14H2,1-3H3. The highest BCUT2D eigenvalue weighted by Gasteiger charge is 2.13. The Hall–Kier alpha value is -0.340. The zero-order valence-electron chi connectivity index (χ0n) is 13.0. The van der Waals surface area contributed by atoms with Gasteiger partial charge >= 0.3 is 0 Å². The van der Waals surface area contributed by atoms with Gasteiger partial charge in [-0.15, -0.1) is 11.3 Å². The number of thiophene rings is 1. The maximum Gasteiger partial charge on any atom is 0.00668 e. The fraction of sp³-hybridized carbons (Fsp3) is 0.765. The summed E-state index contributed by atoms with van der Waals surface area (Å²) in [7, 11) is 2.13. The van der Waals surface area contributed by atoms with Crippen molar-refractivity contribution in [3.05, 3.63) is 22.4 Å². The molecule has 1 aromatic heterocycles. The first-order valence-corrected chi connectivity index (χ1v) is 8.87. The van der Waals surface area contributed by atoms with Gasteiger partial charge in [-0.05, 0) is 50.1 Å². The molecule has 0 bridgehead atoms. The van der Waals surface area contributed by atoms with E-state index in [9.17, 15) is 0 Å². The number of hydrogen-bond donors (Lipinski definition) is 1. The van der Waals surface area contributed by atoms with Crippen LogP contribution in [0, 0.1) is 5.92 Å². The van der Waals surface area contributed by atoms with Gasteiger partial charge in [-0.25, -0.2) is 0 Å². The van der Waals surface area contributed by atoms with Gasteiger partial charge in [0.25, 0.3) is 0 Å². The Bertz CT molecular complexity index is 294. The zero-order valence-corrected chi connectivity index (χ0v) is 13.8. The molecule has 0 aliphatic carbocycles. The minimum absolute atomic E-state index is 0.710. The van der Waals surface area contributed by atoms with Crippen molar-refractivity contribution in [2.75, 3.05) is 7.05 Å². The molecule has 1 aromatic rings. The van der Waals surface area contributed by atoms with E-state index in [0.29, 0.717) is 6.04 Å². The van der Waals surface area contributed by atoms with Crippen molar-refractivity contribution in [3.8, 4) is 0 Å². The van der Waals surface area contributed by atoms with E-state index in [0.717, 1.165) is 5.92 Å². The molecular weight excluding hydrogens is 250 g/mol. The number of hydrogen-bond acceptors (Lipinski definition) is 2. The van der Waals surface area contributed by atoms with Gasteiger partial charge in [-0.3, -0.25) is 0 Å². The summed E-state index contributed by atoms with van der Waals surface area (Å²) in [4.78, 5) is 1.54. The molecule has 0 aliphatic heterocycles. The molecule has 0 saturated heterocycles. The lowest BCUT2D eigenvalue weighted by atomic mass is 9.90. The molecule has 1 rings (SSSR count). The number of aryl methyl sites for hydroxylation is 1. The van der Waals surface area contributed by atoms with Gasteiger partial charge in [0.1, 0.15) is 0 Å². The van der Waals surface area contributed by atoms with Crippen LogP contribution in [0.2, 0.25) is 0 Å². The summed E-state index contributed by atoms with van der Waals surface area (Å²) in [5, 5.41) is 5.71. The van der Waals surface area contributed by atoms with Gasteiger partial charge in [0.15, 0.2) is 0 Å². The molecule has 2 unspecified atom stereocenters. The lowest BCUT2D eigenvalue weighted by Crippen LogP contribution is -2.28. The molecule has 19 heavy (non-hydrogen) atoms. The molecule has 0 aliphatic rings. The highest BCUT2D eigenvalue weighted by Crippen LogP contribution is 2.21. The third kappa shape index (κ3) is 7.12. The number of rotatable bonds is 11. The monoisotopic (exact) mass is 281 g/mol. The SMILES string of the molecule is CCCCC(CC)CC(CCCc1cccs1)NC. The van der Waals surface area contributed by atoms with Crippen LogP contribution in [-0.4, -0.2) is 13.1 Å². The van der Waals surface area contributed by atoms with Crippen LogP contribution < -0.4 is 5.32 Å². The van der Waals surface area contributed by atoms with Gasteiger partial charge in [0.05, 0.1) is 0 Å². The third-order valence-electron chi connectivity index (χ3n) is 4.13. The molecule has 1 heterocycles. The molecule has 0 amide bonds. The Morgan fingerprint density at radius 3 is 2.63 bits per heavy atom. The van der Waals surface area contributed by atoms with Crippen LogP contribution in [0.25, 0.3) is 0 Å². The third-order valence-corrected chi connectivity index (χ3v) is 5.06. The Labute approximate surface area is 123 Å². The topological polar surface area (TPSA) is 12.0 Å². The van der Waals surface area contributed by atoms with Crippen molar-refractivity contribution < 1.29 is 0 Å². The van der Waals surface area contributed by atoms with E-state index < -0.39 is 0 Å². The summed E-state index contributed by atoms with van der Waals surface area (Å²) in [5.41, 5.74) is 0. The predicted octanol–water partition coefficient (Wildman–Crippen LogP) is 5.27. The highest BCUT2D eigenvalue weighted by atomic mass is 32.1. The molecule has 2 atom stereocenters. The largest absolute Gasteiger partial charge is 0.317 e. The van der Waals surface area contributed by atoms with Crippen LogP contribution in [0.5, 0.6) is 0 Å². The first kappa shape index (κ1) is 16.7. The maximum atomic E-state index is 3.53. The fourth-order valence-electron chi connectivity index (χ4n) is 2.74. The minimum Gasteiger partial charge on any atom is -0.317 e. The summed E-state index contributed by atoms with van der Waals surface area (Å²) in [5.74, 6) is 0.916. The van der Waals surface area contributed by atoms with Crippen molar-refractivity contribution in [2.45, 2.75) is 71.3 Å². The summed E-state index contributed by atoms with van der Waals surface area (Å²) < 4.78 is 0. The first-order valence-electron chi connectivity index (χ1n) is 7.99. The van der Waals surface area contributed by atoms with Gasteiger partial charge in [-0.1, -0.05) is 45.6 Å². The minimum atomic E-state index is 0.710. The van der Waals surface area contributed by atoms with Crippen LogP contribution in [0.15, 0.2) is 17.5 Å². The molecule has 0 fully saturated rings. The van der Waals surface area contributed by atoms with E-state index in [-0.39, 0.29) is 0 Å². The number of nitrogens with one attached hydrogen (secondary N) is 1. The van der Waals surface area contributed by atoms with E-state index >= 15 is 0 Å². The van der Waals surface area contributed by atoms with Crippen LogP contribution in [0.4, 0.5) is 0 Å². The predicted molar refractivity (Wildman–Crippen MR) is 88.0 cm³/mol. The summed E-state index contributed by atoms with van der Waals surface area (Å²) >= 11 is 1.89. The van der Waals surface area contributed by atoms with E-state index in [1.54, 1.807) is 0 Å². The molecular formula is C17H31NS. The molecule has 1 N–H and O–H groups in total.